The summed E-state index contributed by atoms with van der Waals surface area (Å²) >= 11 is 3.14. The monoisotopic (exact) mass is 424 g/mol. The smallest absolute Gasteiger partial charge is 0.191 e. The highest BCUT2D eigenvalue weighted by atomic mass is 32.2. The topological polar surface area (TPSA) is 90.9 Å². The SMILES string of the molecule is Cc1ccc(-c2nc(CSc3nnc(CC4CCS(=O)(=O)C4)n3C)cs2)o1. The van der Waals surface area contributed by atoms with Gasteiger partial charge in [-0.2, -0.15) is 0 Å². The molecule has 0 aliphatic carbocycles. The summed E-state index contributed by atoms with van der Waals surface area (Å²) in [4.78, 5) is 4.62. The van der Waals surface area contributed by atoms with Crippen LogP contribution >= 0.6 is 23.1 Å². The third-order valence-corrected chi connectivity index (χ3v) is 8.37. The number of nitrogens with zero attached hydrogens (tertiary/aromatic N) is 4. The van der Waals surface area contributed by atoms with E-state index in [-0.39, 0.29) is 11.7 Å². The average Bonchev–Trinajstić information content (AvgIpc) is 3.37. The number of thioether (sulfide) groups is 1. The van der Waals surface area contributed by atoms with Gasteiger partial charge in [0, 0.05) is 24.6 Å². The number of hydrogen-bond acceptors (Lipinski definition) is 8. The van der Waals surface area contributed by atoms with Gasteiger partial charge in [0.1, 0.15) is 11.6 Å². The lowest BCUT2D eigenvalue weighted by atomic mass is 10.1. The molecule has 1 atom stereocenters. The molecule has 0 aromatic carbocycles. The Balaban J connectivity index is 1.38. The van der Waals surface area contributed by atoms with Gasteiger partial charge in [-0.15, -0.1) is 21.5 Å². The quantitative estimate of drug-likeness (QED) is 0.562. The van der Waals surface area contributed by atoms with Gasteiger partial charge in [-0.1, -0.05) is 11.8 Å². The summed E-state index contributed by atoms with van der Waals surface area (Å²) in [6.07, 6.45) is 1.37. The molecule has 1 aliphatic rings. The molecule has 7 nitrogen and oxygen atoms in total. The zero-order valence-electron chi connectivity index (χ0n) is 15.1. The fourth-order valence-electron chi connectivity index (χ4n) is 3.11. The molecule has 0 saturated carbocycles. The Labute approximate surface area is 166 Å². The van der Waals surface area contributed by atoms with Crippen LogP contribution < -0.4 is 0 Å². The Kier molecular flexibility index (Phi) is 5.13. The molecule has 0 amide bonds. The molecular formula is C17H20N4O3S3. The molecule has 3 aromatic rings. The zero-order valence-corrected chi connectivity index (χ0v) is 17.5. The zero-order chi connectivity index (χ0) is 19.0. The fraction of sp³-hybridized carbons (Fsp3) is 0.471. The Hall–Kier alpha value is -1.65. The van der Waals surface area contributed by atoms with Gasteiger partial charge < -0.3 is 8.98 Å². The Bertz CT molecular complexity index is 1050. The number of hydrogen-bond donors (Lipinski definition) is 0. The third kappa shape index (κ3) is 4.27. The number of sulfone groups is 1. The first-order valence-electron chi connectivity index (χ1n) is 8.62. The lowest BCUT2D eigenvalue weighted by Gasteiger charge is -2.07. The maximum absolute atomic E-state index is 11.6. The summed E-state index contributed by atoms with van der Waals surface area (Å²) in [6.45, 7) is 1.92. The van der Waals surface area contributed by atoms with Crippen molar-refractivity contribution >= 4 is 32.9 Å². The van der Waals surface area contributed by atoms with Crippen molar-refractivity contribution in [2.75, 3.05) is 11.5 Å². The molecule has 1 saturated heterocycles. The van der Waals surface area contributed by atoms with Crippen molar-refractivity contribution in [1.82, 2.24) is 19.7 Å². The lowest BCUT2D eigenvalue weighted by Crippen LogP contribution is -2.11. The summed E-state index contributed by atoms with van der Waals surface area (Å²) in [5.74, 6) is 3.89. The summed E-state index contributed by atoms with van der Waals surface area (Å²) in [7, 11) is -0.935. The molecule has 0 N–H and O–H groups in total. The van der Waals surface area contributed by atoms with Crippen molar-refractivity contribution in [2.24, 2.45) is 13.0 Å². The molecule has 4 rings (SSSR count). The van der Waals surface area contributed by atoms with Crippen LogP contribution in [-0.2, 0) is 29.1 Å². The highest BCUT2D eigenvalue weighted by Crippen LogP contribution is 2.29. The van der Waals surface area contributed by atoms with Crippen molar-refractivity contribution in [2.45, 2.75) is 30.7 Å². The second-order valence-electron chi connectivity index (χ2n) is 6.77. The molecule has 3 aromatic heterocycles. The molecule has 0 radical (unpaired) electrons. The lowest BCUT2D eigenvalue weighted by molar-refractivity contribution is 0.548. The molecule has 1 fully saturated rings. The first-order chi connectivity index (χ1) is 12.9. The van der Waals surface area contributed by atoms with Crippen molar-refractivity contribution < 1.29 is 12.8 Å². The van der Waals surface area contributed by atoms with E-state index in [4.69, 9.17) is 4.42 Å². The van der Waals surface area contributed by atoms with Gasteiger partial charge in [-0.25, -0.2) is 13.4 Å². The molecule has 4 heterocycles. The van der Waals surface area contributed by atoms with E-state index in [1.807, 2.05) is 36.1 Å². The number of thiazole rings is 1. The third-order valence-electron chi connectivity index (χ3n) is 4.58. The van der Waals surface area contributed by atoms with Gasteiger partial charge in [0.15, 0.2) is 25.8 Å². The van der Waals surface area contributed by atoms with Gasteiger partial charge in [0.25, 0.3) is 0 Å². The van der Waals surface area contributed by atoms with Crippen LogP contribution in [0.15, 0.2) is 27.1 Å². The minimum Gasteiger partial charge on any atom is -0.459 e. The molecule has 27 heavy (non-hydrogen) atoms. The minimum atomic E-state index is -2.86. The number of aryl methyl sites for hydroxylation is 1. The Morgan fingerprint density at radius 3 is 2.93 bits per heavy atom. The van der Waals surface area contributed by atoms with Crippen molar-refractivity contribution in [3.8, 4) is 10.8 Å². The first kappa shape index (κ1) is 18.7. The van der Waals surface area contributed by atoms with E-state index in [1.165, 1.54) is 0 Å². The number of aromatic nitrogens is 4. The normalized spacial score (nSPS) is 19.0. The van der Waals surface area contributed by atoms with Crippen LogP contribution in [0.1, 0.15) is 23.7 Å². The van der Waals surface area contributed by atoms with Gasteiger partial charge in [-0.3, -0.25) is 0 Å². The summed E-state index contributed by atoms with van der Waals surface area (Å²) in [5.41, 5.74) is 0.973. The van der Waals surface area contributed by atoms with Gasteiger partial charge >= 0.3 is 0 Å². The van der Waals surface area contributed by atoms with Crippen LogP contribution in [0.3, 0.4) is 0 Å². The van der Waals surface area contributed by atoms with E-state index in [0.717, 1.165) is 33.2 Å². The molecule has 144 valence electrons. The van der Waals surface area contributed by atoms with Crippen LogP contribution in [-0.4, -0.2) is 39.7 Å². The summed E-state index contributed by atoms with van der Waals surface area (Å²) in [5, 5.41) is 12.2. The minimum absolute atomic E-state index is 0.147. The second-order valence-corrected chi connectivity index (χ2v) is 10.8. The molecular weight excluding hydrogens is 404 g/mol. The largest absolute Gasteiger partial charge is 0.459 e. The van der Waals surface area contributed by atoms with E-state index in [9.17, 15) is 8.42 Å². The second kappa shape index (κ2) is 7.40. The molecule has 0 spiro atoms. The van der Waals surface area contributed by atoms with E-state index < -0.39 is 9.84 Å². The highest BCUT2D eigenvalue weighted by Gasteiger charge is 2.29. The Morgan fingerprint density at radius 2 is 2.22 bits per heavy atom. The molecule has 10 heteroatoms. The van der Waals surface area contributed by atoms with Crippen LogP contribution in [0.2, 0.25) is 0 Å². The average molecular weight is 425 g/mol. The predicted molar refractivity (Wildman–Crippen MR) is 106 cm³/mol. The molecule has 1 aliphatic heterocycles. The van der Waals surface area contributed by atoms with Crippen LogP contribution in [0.4, 0.5) is 0 Å². The van der Waals surface area contributed by atoms with E-state index >= 15 is 0 Å². The predicted octanol–water partition coefficient (Wildman–Crippen LogP) is 3.11. The maximum atomic E-state index is 11.6. The van der Waals surface area contributed by atoms with Crippen molar-refractivity contribution in [3.05, 3.63) is 34.8 Å². The summed E-state index contributed by atoms with van der Waals surface area (Å²) in [6, 6.07) is 3.87. The number of furan rings is 1. The van der Waals surface area contributed by atoms with Crippen molar-refractivity contribution in [3.63, 3.8) is 0 Å². The fourth-order valence-corrected chi connectivity index (χ4v) is 6.68. The number of rotatable bonds is 6. The van der Waals surface area contributed by atoms with Gasteiger partial charge in [-0.05, 0) is 31.4 Å². The van der Waals surface area contributed by atoms with Crippen LogP contribution in [0, 0.1) is 12.8 Å². The van der Waals surface area contributed by atoms with Gasteiger partial charge in [0.2, 0.25) is 0 Å². The van der Waals surface area contributed by atoms with Gasteiger partial charge in [0.05, 0.1) is 17.2 Å². The molecule has 0 bridgehead atoms. The van der Waals surface area contributed by atoms with Crippen LogP contribution in [0.5, 0.6) is 0 Å². The molecule has 1 unspecified atom stereocenters. The van der Waals surface area contributed by atoms with E-state index in [1.54, 1.807) is 23.1 Å². The maximum Gasteiger partial charge on any atom is 0.191 e. The van der Waals surface area contributed by atoms with E-state index in [0.29, 0.717) is 24.3 Å². The Morgan fingerprint density at radius 1 is 1.37 bits per heavy atom. The van der Waals surface area contributed by atoms with Crippen molar-refractivity contribution in [1.29, 1.82) is 0 Å². The standard InChI is InChI=1S/C17H20N4O3S3/c1-11-3-4-14(24-11)16-18-13(8-25-16)9-26-17-20-19-15(21(17)2)7-12-5-6-27(22,23)10-12/h3-4,8,12H,5-7,9-10H2,1-2H3. The van der Waals surface area contributed by atoms with E-state index in [2.05, 4.69) is 15.2 Å². The first-order valence-corrected chi connectivity index (χ1v) is 12.3. The highest BCUT2D eigenvalue weighted by molar-refractivity contribution is 7.98. The summed E-state index contributed by atoms with van der Waals surface area (Å²) < 4.78 is 30.8. The van der Waals surface area contributed by atoms with Crippen LogP contribution in [0.25, 0.3) is 10.8 Å².